The number of carbonyl (C=O) groups is 1. The number of aromatic nitrogens is 2. The van der Waals surface area contributed by atoms with E-state index in [1.165, 1.54) is 12.4 Å². The second-order valence-electron chi connectivity index (χ2n) is 2.16. The van der Waals surface area contributed by atoms with Gasteiger partial charge in [0.15, 0.2) is 5.82 Å². The monoisotopic (exact) mass is 163 g/mol. The molecule has 1 rings (SSSR count). The fraction of sp³-hybridized carbons (Fsp3) is 0.125. The van der Waals surface area contributed by atoms with Gasteiger partial charge in [-0.05, 0) is 6.92 Å². The van der Waals surface area contributed by atoms with Gasteiger partial charge in [0.05, 0.1) is 5.71 Å². The number of H-pyrrole nitrogens is 1. The fourth-order valence-electron chi connectivity index (χ4n) is 0.756. The van der Waals surface area contributed by atoms with Crippen LogP contribution in [0.5, 0.6) is 0 Å². The number of nitrogens with one attached hydrogen (secondary N) is 1. The van der Waals surface area contributed by atoms with E-state index in [0.29, 0.717) is 11.5 Å². The number of aliphatic imine (C=N–C) groups is 1. The second-order valence-corrected chi connectivity index (χ2v) is 2.16. The van der Waals surface area contributed by atoms with Crippen LogP contribution in [0.2, 0.25) is 0 Å². The zero-order chi connectivity index (χ0) is 8.97. The van der Waals surface area contributed by atoms with Crippen LogP contribution < -0.4 is 0 Å². The molecule has 0 radical (unpaired) electrons. The number of hydrogen-bond acceptors (Lipinski definition) is 3. The highest BCUT2D eigenvalue weighted by Gasteiger charge is 2.10. The first-order chi connectivity index (χ1) is 5.75. The molecule has 1 N–H and O–H groups in total. The number of nitrogens with zero attached hydrogens (tertiary/aromatic N) is 2. The predicted octanol–water partition coefficient (Wildman–Crippen LogP) is 1.20. The highest BCUT2D eigenvalue weighted by atomic mass is 16.1. The minimum atomic E-state index is -0.208. The first kappa shape index (κ1) is 8.39. The minimum absolute atomic E-state index is 0.208. The lowest BCUT2D eigenvalue weighted by atomic mass is 10.2. The van der Waals surface area contributed by atoms with Crippen LogP contribution >= 0.6 is 0 Å². The molecule has 0 atom stereocenters. The molecule has 0 saturated carbocycles. The molecule has 0 aliphatic carbocycles. The van der Waals surface area contributed by atoms with Crippen LogP contribution in [0.25, 0.3) is 0 Å². The molecule has 0 aromatic carbocycles. The van der Waals surface area contributed by atoms with Gasteiger partial charge in [-0.25, -0.2) is 4.98 Å². The van der Waals surface area contributed by atoms with Gasteiger partial charge >= 0.3 is 0 Å². The van der Waals surface area contributed by atoms with Crippen molar-refractivity contribution in [2.45, 2.75) is 6.92 Å². The van der Waals surface area contributed by atoms with Crippen molar-refractivity contribution in [1.29, 1.82) is 0 Å². The molecule has 12 heavy (non-hydrogen) atoms. The summed E-state index contributed by atoms with van der Waals surface area (Å²) in [6, 6.07) is 0. The molecule has 0 aliphatic heterocycles. The molecule has 1 aromatic heterocycles. The lowest BCUT2D eigenvalue weighted by molar-refractivity contribution is 0.105. The molecular weight excluding hydrogens is 154 g/mol. The van der Waals surface area contributed by atoms with Crippen molar-refractivity contribution < 1.29 is 4.79 Å². The first-order valence-electron chi connectivity index (χ1n) is 3.45. The summed E-state index contributed by atoms with van der Waals surface area (Å²) < 4.78 is 0. The number of Topliss-reactive ketones (excluding diaryl/α,β-unsaturated/α-hetero) is 1. The van der Waals surface area contributed by atoms with Gasteiger partial charge in [0.1, 0.15) is 0 Å². The number of carbonyl (C=O) groups excluding carboxylic acids is 1. The molecule has 4 heteroatoms. The Morgan fingerprint density at radius 1 is 1.83 bits per heavy atom. The van der Waals surface area contributed by atoms with Crippen molar-refractivity contribution in [1.82, 2.24) is 9.97 Å². The van der Waals surface area contributed by atoms with E-state index in [9.17, 15) is 4.79 Å². The molecule has 0 amide bonds. The Bertz CT molecular complexity index is 311. The van der Waals surface area contributed by atoms with Crippen molar-refractivity contribution >= 4 is 11.5 Å². The third kappa shape index (κ3) is 1.66. The number of rotatable bonds is 3. The van der Waals surface area contributed by atoms with E-state index in [2.05, 4.69) is 21.5 Å². The summed E-state index contributed by atoms with van der Waals surface area (Å²) in [7, 11) is 0. The third-order valence-corrected chi connectivity index (χ3v) is 1.33. The zero-order valence-corrected chi connectivity index (χ0v) is 6.74. The molecule has 1 aromatic rings. The standard InChI is InChI=1S/C8H9N3O/c1-3-9-6(2)7(12)8-10-4-5-11-8/h3-5H,1H2,2H3,(H,10,11)/b9-6+. The summed E-state index contributed by atoms with van der Waals surface area (Å²) in [6.45, 7) is 5.01. The maximum Gasteiger partial charge on any atom is 0.242 e. The Labute approximate surface area is 70.1 Å². The molecule has 0 aliphatic rings. The quantitative estimate of drug-likeness (QED) is 0.537. The molecule has 0 saturated heterocycles. The lowest BCUT2D eigenvalue weighted by Crippen LogP contribution is -2.11. The minimum Gasteiger partial charge on any atom is -0.342 e. The Hall–Kier alpha value is -1.71. The average molecular weight is 163 g/mol. The van der Waals surface area contributed by atoms with E-state index >= 15 is 0 Å². The Balaban J connectivity index is 2.86. The van der Waals surface area contributed by atoms with E-state index in [0.717, 1.165) is 0 Å². The molecule has 0 spiro atoms. The van der Waals surface area contributed by atoms with Crippen molar-refractivity contribution in [3.05, 3.63) is 31.0 Å². The van der Waals surface area contributed by atoms with Crippen LogP contribution in [0.15, 0.2) is 30.2 Å². The fourth-order valence-corrected chi connectivity index (χ4v) is 0.756. The zero-order valence-electron chi connectivity index (χ0n) is 6.74. The van der Waals surface area contributed by atoms with Gasteiger partial charge in [-0.1, -0.05) is 6.58 Å². The van der Waals surface area contributed by atoms with Gasteiger partial charge in [0.2, 0.25) is 5.78 Å². The third-order valence-electron chi connectivity index (χ3n) is 1.33. The van der Waals surface area contributed by atoms with Crippen molar-refractivity contribution in [3.63, 3.8) is 0 Å². The molecule has 0 fully saturated rings. The van der Waals surface area contributed by atoms with Crippen LogP contribution in [-0.2, 0) is 0 Å². The number of hydrogen-bond donors (Lipinski definition) is 1. The summed E-state index contributed by atoms with van der Waals surface area (Å²) >= 11 is 0. The highest BCUT2D eigenvalue weighted by molar-refractivity contribution is 6.44. The highest BCUT2D eigenvalue weighted by Crippen LogP contribution is 1.93. The molecule has 62 valence electrons. The summed E-state index contributed by atoms with van der Waals surface area (Å²) in [5.74, 6) is 0.0954. The second kappa shape index (κ2) is 3.61. The number of ketones is 1. The Morgan fingerprint density at radius 2 is 2.58 bits per heavy atom. The van der Waals surface area contributed by atoms with E-state index in [-0.39, 0.29) is 5.78 Å². The molecular formula is C8H9N3O. The van der Waals surface area contributed by atoms with Gasteiger partial charge < -0.3 is 4.98 Å². The van der Waals surface area contributed by atoms with Crippen LogP contribution in [0.1, 0.15) is 17.5 Å². The smallest absolute Gasteiger partial charge is 0.242 e. The van der Waals surface area contributed by atoms with Gasteiger partial charge in [-0.2, -0.15) is 0 Å². The molecule has 1 heterocycles. The maximum atomic E-state index is 11.3. The molecule has 4 nitrogen and oxygen atoms in total. The van der Waals surface area contributed by atoms with Crippen LogP contribution in [-0.4, -0.2) is 21.5 Å². The SMILES string of the molecule is C=C/N=C(\C)C(=O)c1ncc[nH]1. The number of aromatic amines is 1. The van der Waals surface area contributed by atoms with Gasteiger partial charge in [-0.15, -0.1) is 0 Å². The summed E-state index contributed by atoms with van der Waals surface area (Å²) in [4.78, 5) is 21.6. The largest absolute Gasteiger partial charge is 0.342 e. The topological polar surface area (TPSA) is 58.1 Å². The van der Waals surface area contributed by atoms with E-state index in [4.69, 9.17) is 0 Å². The Morgan fingerprint density at radius 3 is 3.08 bits per heavy atom. The molecule has 0 bridgehead atoms. The molecule has 0 unspecified atom stereocenters. The van der Waals surface area contributed by atoms with Gasteiger partial charge in [0.25, 0.3) is 0 Å². The summed E-state index contributed by atoms with van der Waals surface area (Å²) in [5, 5.41) is 0. The van der Waals surface area contributed by atoms with E-state index < -0.39 is 0 Å². The predicted molar refractivity (Wildman–Crippen MR) is 46.2 cm³/mol. The first-order valence-corrected chi connectivity index (χ1v) is 3.45. The summed E-state index contributed by atoms with van der Waals surface area (Å²) in [5.41, 5.74) is 0.375. The van der Waals surface area contributed by atoms with Crippen molar-refractivity contribution in [2.24, 2.45) is 4.99 Å². The van der Waals surface area contributed by atoms with Crippen molar-refractivity contribution in [2.75, 3.05) is 0 Å². The van der Waals surface area contributed by atoms with Crippen LogP contribution in [0, 0.1) is 0 Å². The Kier molecular flexibility index (Phi) is 2.53. The number of imidazole rings is 1. The lowest BCUT2D eigenvalue weighted by Gasteiger charge is -1.92. The van der Waals surface area contributed by atoms with Crippen LogP contribution in [0.4, 0.5) is 0 Å². The van der Waals surface area contributed by atoms with Crippen molar-refractivity contribution in [3.8, 4) is 0 Å². The van der Waals surface area contributed by atoms with E-state index in [1.54, 1.807) is 13.1 Å². The van der Waals surface area contributed by atoms with Gasteiger partial charge in [-0.3, -0.25) is 9.79 Å². The maximum absolute atomic E-state index is 11.3. The average Bonchev–Trinajstić information content (AvgIpc) is 2.55. The van der Waals surface area contributed by atoms with Gasteiger partial charge in [0, 0.05) is 18.6 Å². The normalized spacial score (nSPS) is 11.2. The van der Waals surface area contributed by atoms with Crippen LogP contribution in [0.3, 0.4) is 0 Å². The van der Waals surface area contributed by atoms with E-state index in [1.807, 2.05) is 0 Å². The summed E-state index contributed by atoms with van der Waals surface area (Å²) in [6.07, 6.45) is 4.44.